The second-order valence-electron chi connectivity index (χ2n) is 4.99. The number of rotatable bonds is 4. The van der Waals surface area contributed by atoms with Gasteiger partial charge >= 0.3 is 0 Å². The maximum Gasteiger partial charge on any atom is 0.237 e. The highest BCUT2D eigenvalue weighted by Gasteiger charge is 2.19. The molecule has 118 valence electrons. The van der Waals surface area contributed by atoms with Gasteiger partial charge in [-0.25, -0.2) is 0 Å². The van der Waals surface area contributed by atoms with Gasteiger partial charge in [-0.05, 0) is 39.0 Å². The molecule has 1 aromatic carbocycles. The number of hydrogen-bond acceptors (Lipinski definition) is 3. The summed E-state index contributed by atoms with van der Waals surface area (Å²) >= 11 is 13.5. The van der Waals surface area contributed by atoms with Crippen LogP contribution in [0.2, 0.25) is 10.0 Å². The molecule has 0 aliphatic heterocycles. The number of nitrogens with zero attached hydrogens (tertiary/aromatic N) is 2. The smallest absolute Gasteiger partial charge is 0.237 e. The summed E-state index contributed by atoms with van der Waals surface area (Å²) in [4.78, 5) is 13.2. The second-order valence-corrected chi connectivity index (χ2v) is 7.22. The highest BCUT2D eigenvalue weighted by atomic mass is 35.5. The Balaban J connectivity index is 2.11. The fourth-order valence-corrected chi connectivity index (χ4v) is 3.40. The van der Waals surface area contributed by atoms with E-state index < -0.39 is 0 Å². The molecule has 4 nitrogen and oxygen atoms in total. The van der Waals surface area contributed by atoms with Crippen LogP contribution in [0.25, 0.3) is 0 Å². The number of aryl methyl sites for hydroxylation is 2. The minimum absolute atomic E-state index is 0.0970. The molecule has 0 spiro atoms. The van der Waals surface area contributed by atoms with Crippen molar-refractivity contribution in [3.63, 3.8) is 0 Å². The number of carbonyl (C=O) groups excluding carboxylic acids is 1. The van der Waals surface area contributed by atoms with Gasteiger partial charge in [-0.1, -0.05) is 23.2 Å². The van der Waals surface area contributed by atoms with Gasteiger partial charge < -0.3 is 5.32 Å². The molecule has 1 atom stereocenters. The third kappa shape index (κ3) is 3.77. The summed E-state index contributed by atoms with van der Waals surface area (Å²) in [6, 6.07) is 5.21. The standard InChI is InChI=1S/C15H17Cl2N3OS/c1-8-14(9(2)20(4)19-8)18-15(21)10(3)22-13-7-11(16)5-6-12(13)17/h5-7,10H,1-4H3,(H,18,21). The molecule has 0 aliphatic rings. The number of thioether (sulfide) groups is 1. The minimum atomic E-state index is -0.310. The molecule has 0 radical (unpaired) electrons. The summed E-state index contributed by atoms with van der Waals surface area (Å²) in [5, 5.41) is 8.10. The molecule has 0 fully saturated rings. The fraction of sp³-hybridized carbons (Fsp3) is 0.333. The van der Waals surface area contributed by atoms with Crippen LogP contribution in [0.3, 0.4) is 0 Å². The molecule has 0 saturated heterocycles. The van der Waals surface area contributed by atoms with E-state index in [0.717, 1.165) is 22.0 Å². The van der Waals surface area contributed by atoms with Crippen molar-refractivity contribution >= 4 is 46.6 Å². The average Bonchev–Trinajstić information content (AvgIpc) is 2.69. The van der Waals surface area contributed by atoms with Gasteiger partial charge in [-0.3, -0.25) is 9.48 Å². The lowest BCUT2D eigenvalue weighted by Crippen LogP contribution is -2.23. The third-order valence-electron chi connectivity index (χ3n) is 3.32. The van der Waals surface area contributed by atoms with E-state index in [9.17, 15) is 4.79 Å². The van der Waals surface area contributed by atoms with Gasteiger partial charge in [-0.15, -0.1) is 11.8 Å². The van der Waals surface area contributed by atoms with Crippen molar-refractivity contribution in [1.29, 1.82) is 0 Å². The lowest BCUT2D eigenvalue weighted by atomic mass is 10.3. The zero-order chi connectivity index (χ0) is 16.4. The van der Waals surface area contributed by atoms with E-state index >= 15 is 0 Å². The Hall–Kier alpha value is -1.17. The fourth-order valence-electron chi connectivity index (χ4n) is 1.99. The molecular weight excluding hydrogens is 341 g/mol. The average molecular weight is 358 g/mol. The summed E-state index contributed by atoms with van der Waals surface area (Å²) in [7, 11) is 1.85. The van der Waals surface area contributed by atoms with Crippen LogP contribution >= 0.6 is 35.0 Å². The number of amides is 1. The second kappa shape index (κ2) is 6.94. The number of aromatic nitrogens is 2. The Morgan fingerprint density at radius 3 is 2.64 bits per heavy atom. The van der Waals surface area contributed by atoms with E-state index in [4.69, 9.17) is 23.2 Å². The lowest BCUT2D eigenvalue weighted by Gasteiger charge is -2.13. The van der Waals surface area contributed by atoms with Crippen molar-refractivity contribution in [1.82, 2.24) is 9.78 Å². The van der Waals surface area contributed by atoms with Crippen molar-refractivity contribution in [2.45, 2.75) is 30.9 Å². The molecular formula is C15H17Cl2N3OS. The highest BCUT2D eigenvalue weighted by molar-refractivity contribution is 8.00. The molecule has 1 aromatic heterocycles. The van der Waals surface area contributed by atoms with Gasteiger partial charge in [0.2, 0.25) is 5.91 Å². The molecule has 2 aromatic rings. The Morgan fingerprint density at radius 2 is 2.05 bits per heavy atom. The summed E-state index contributed by atoms with van der Waals surface area (Å²) in [6.45, 7) is 5.62. The molecule has 1 N–H and O–H groups in total. The Bertz CT molecular complexity index is 715. The molecule has 1 heterocycles. The van der Waals surface area contributed by atoms with Gasteiger partial charge in [0, 0.05) is 17.0 Å². The Morgan fingerprint density at radius 1 is 1.36 bits per heavy atom. The summed E-state index contributed by atoms with van der Waals surface area (Å²) < 4.78 is 1.75. The van der Waals surface area contributed by atoms with E-state index in [-0.39, 0.29) is 11.2 Å². The molecule has 1 amide bonds. The molecule has 2 rings (SSSR count). The molecule has 0 saturated carbocycles. The first-order valence-electron chi connectivity index (χ1n) is 6.72. The zero-order valence-electron chi connectivity index (χ0n) is 12.8. The van der Waals surface area contributed by atoms with Crippen LogP contribution in [0.5, 0.6) is 0 Å². The maximum atomic E-state index is 12.4. The van der Waals surface area contributed by atoms with Crippen molar-refractivity contribution < 1.29 is 4.79 Å². The van der Waals surface area contributed by atoms with Crippen LogP contribution < -0.4 is 5.32 Å². The molecule has 22 heavy (non-hydrogen) atoms. The van der Waals surface area contributed by atoms with Crippen LogP contribution in [0.15, 0.2) is 23.1 Å². The van der Waals surface area contributed by atoms with Crippen molar-refractivity contribution in [2.24, 2.45) is 7.05 Å². The van der Waals surface area contributed by atoms with Gasteiger partial charge in [0.25, 0.3) is 0 Å². The van der Waals surface area contributed by atoms with Crippen molar-refractivity contribution in [3.8, 4) is 0 Å². The van der Waals surface area contributed by atoms with Crippen LogP contribution in [-0.2, 0) is 11.8 Å². The number of halogens is 2. The third-order valence-corrected chi connectivity index (χ3v) is 5.16. The van der Waals surface area contributed by atoms with E-state index in [1.165, 1.54) is 11.8 Å². The lowest BCUT2D eigenvalue weighted by molar-refractivity contribution is -0.115. The van der Waals surface area contributed by atoms with Gasteiger partial charge in [-0.2, -0.15) is 5.10 Å². The van der Waals surface area contributed by atoms with Crippen LogP contribution in [0.4, 0.5) is 5.69 Å². The first-order valence-corrected chi connectivity index (χ1v) is 8.36. The van der Waals surface area contributed by atoms with Crippen LogP contribution in [0, 0.1) is 13.8 Å². The zero-order valence-corrected chi connectivity index (χ0v) is 15.1. The van der Waals surface area contributed by atoms with Crippen LogP contribution in [-0.4, -0.2) is 20.9 Å². The summed E-state index contributed by atoms with van der Waals surface area (Å²) in [6.07, 6.45) is 0. The molecule has 0 aliphatic carbocycles. The first-order chi connectivity index (χ1) is 10.3. The number of anilines is 1. The predicted molar refractivity (Wildman–Crippen MR) is 93.1 cm³/mol. The number of hydrogen-bond donors (Lipinski definition) is 1. The number of carbonyl (C=O) groups is 1. The first kappa shape index (κ1) is 17.2. The maximum absolute atomic E-state index is 12.4. The normalized spacial score (nSPS) is 12.3. The van der Waals surface area contributed by atoms with Gasteiger partial charge in [0.05, 0.1) is 27.3 Å². The van der Waals surface area contributed by atoms with Gasteiger partial charge in [0.1, 0.15) is 0 Å². The molecule has 0 bridgehead atoms. The quantitative estimate of drug-likeness (QED) is 0.821. The largest absolute Gasteiger partial charge is 0.322 e. The van der Waals surface area contributed by atoms with E-state index in [1.807, 2.05) is 27.8 Å². The van der Waals surface area contributed by atoms with E-state index in [0.29, 0.717) is 10.0 Å². The Labute approximate surface area is 144 Å². The predicted octanol–water partition coefficient (Wildman–Crippen LogP) is 4.46. The van der Waals surface area contributed by atoms with Crippen molar-refractivity contribution in [3.05, 3.63) is 39.6 Å². The molecule has 7 heteroatoms. The highest BCUT2D eigenvalue weighted by Crippen LogP contribution is 2.33. The van der Waals surface area contributed by atoms with E-state index in [1.54, 1.807) is 22.9 Å². The van der Waals surface area contributed by atoms with Crippen LogP contribution in [0.1, 0.15) is 18.3 Å². The summed E-state index contributed by atoms with van der Waals surface area (Å²) in [5.74, 6) is -0.0970. The summed E-state index contributed by atoms with van der Waals surface area (Å²) in [5.41, 5.74) is 2.48. The Kier molecular flexibility index (Phi) is 5.42. The molecule has 1 unspecified atom stereocenters. The van der Waals surface area contributed by atoms with E-state index in [2.05, 4.69) is 10.4 Å². The van der Waals surface area contributed by atoms with Gasteiger partial charge in [0.15, 0.2) is 0 Å². The topological polar surface area (TPSA) is 46.9 Å². The minimum Gasteiger partial charge on any atom is -0.322 e. The number of benzene rings is 1. The monoisotopic (exact) mass is 357 g/mol. The van der Waals surface area contributed by atoms with Crippen molar-refractivity contribution in [2.75, 3.05) is 5.32 Å². The number of nitrogens with one attached hydrogen (secondary N) is 1. The SMILES string of the molecule is Cc1nn(C)c(C)c1NC(=O)C(C)Sc1cc(Cl)ccc1Cl.